The molecule has 0 aliphatic heterocycles. The van der Waals surface area contributed by atoms with Crippen molar-refractivity contribution in [1.82, 2.24) is 9.97 Å². The third-order valence-corrected chi connectivity index (χ3v) is 7.10. The van der Waals surface area contributed by atoms with Gasteiger partial charge in [0.05, 0.1) is 21.9 Å². The summed E-state index contributed by atoms with van der Waals surface area (Å²) in [6.45, 7) is 1.93. The number of pyridine rings is 2. The number of nitrogens with zero attached hydrogens (tertiary/aromatic N) is 4. The van der Waals surface area contributed by atoms with Gasteiger partial charge in [0.1, 0.15) is 10.9 Å². The maximum atomic E-state index is 13.6. The van der Waals surface area contributed by atoms with Gasteiger partial charge in [0.2, 0.25) is 0 Å². The Morgan fingerprint density at radius 1 is 1.11 bits per heavy atom. The van der Waals surface area contributed by atoms with E-state index in [0.717, 1.165) is 35.7 Å². The van der Waals surface area contributed by atoms with Crippen LogP contribution in [0.2, 0.25) is 0 Å². The minimum absolute atomic E-state index is 0.108. The summed E-state index contributed by atoms with van der Waals surface area (Å²) in [5.41, 5.74) is 5.93. The van der Waals surface area contributed by atoms with Crippen molar-refractivity contribution in [2.24, 2.45) is 4.99 Å². The van der Waals surface area contributed by atoms with Crippen LogP contribution in [-0.2, 0) is 11.3 Å². The Bertz CT molecular complexity index is 1400. The Balaban J connectivity index is 1.64. The fourth-order valence-corrected chi connectivity index (χ4v) is 4.61. The number of rotatable bonds is 7. The van der Waals surface area contributed by atoms with Crippen molar-refractivity contribution in [2.45, 2.75) is 42.2 Å². The molecule has 1 aliphatic carbocycles. The van der Waals surface area contributed by atoms with Crippen LogP contribution in [0.1, 0.15) is 36.6 Å². The van der Waals surface area contributed by atoms with Crippen LogP contribution in [0.25, 0.3) is 11.1 Å². The largest absolute Gasteiger partial charge is 0.459 e. The zero-order valence-electron chi connectivity index (χ0n) is 19.3. The average molecular weight is 552 g/mol. The first-order valence-electron chi connectivity index (χ1n) is 11.0. The molecule has 5 nitrogen and oxygen atoms in total. The van der Waals surface area contributed by atoms with Gasteiger partial charge in [0.15, 0.2) is 5.82 Å². The first-order valence-corrected chi connectivity index (χ1v) is 12.4. The predicted molar refractivity (Wildman–Crippen MR) is 133 cm³/mol. The van der Waals surface area contributed by atoms with Gasteiger partial charge in [-0.1, -0.05) is 42.8 Å². The standard InChI is InChI=1S/C25H19ClF5N5S/c1-2-37-19-9-15(14-3-5-16(6-4-14)23(13-32)7-8-23)11-35-22(19)36-21(26)17-12-34-20(10-18(17)33)24(27,28)25(29,30)31/h3-6,9-12H,2,7-8H2,1H3,(H2,33,34)/b36-21-. The normalized spacial score (nSPS) is 15.4. The maximum absolute atomic E-state index is 13.6. The molecule has 0 spiro atoms. The topological polar surface area (TPSA) is 88.0 Å². The summed E-state index contributed by atoms with van der Waals surface area (Å²) < 4.78 is 65.2. The highest BCUT2D eigenvalue weighted by molar-refractivity contribution is 7.99. The summed E-state index contributed by atoms with van der Waals surface area (Å²) in [6.07, 6.45) is -1.80. The number of nitrogens with two attached hydrogens (primary N) is 1. The van der Waals surface area contributed by atoms with Gasteiger partial charge in [-0.25, -0.2) is 9.98 Å². The Kier molecular flexibility index (Phi) is 7.18. The highest BCUT2D eigenvalue weighted by Crippen LogP contribution is 2.48. The number of benzene rings is 1. The Labute approximate surface area is 218 Å². The molecule has 2 N–H and O–H groups in total. The number of hydrogen-bond acceptors (Lipinski definition) is 6. The van der Waals surface area contributed by atoms with Crippen LogP contribution >= 0.6 is 23.4 Å². The number of nitriles is 1. The number of anilines is 1. The van der Waals surface area contributed by atoms with E-state index in [1.54, 1.807) is 6.20 Å². The number of aromatic nitrogens is 2. The van der Waals surface area contributed by atoms with Crippen molar-refractivity contribution >= 4 is 40.0 Å². The van der Waals surface area contributed by atoms with Crippen molar-refractivity contribution < 1.29 is 22.0 Å². The minimum Gasteiger partial charge on any atom is -0.398 e. The van der Waals surface area contributed by atoms with Gasteiger partial charge in [-0.3, -0.25) is 4.98 Å². The number of halogens is 6. The Morgan fingerprint density at radius 3 is 2.32 bits per heavy atom. The van der Waals surface area contributed by atoms with E-state index in [1.807, 2.05) is 37.3 Å². The van der Waals surface area contributed by atoms with E-state index in [2.05, 4.69) is 21.0 Å². The lowest BCUT2D eigenvalue weighted by Gasteiger charge is -2.19. The summed E-state index contributed by atoms with van der Waals surface area (Å²) in [6, 6.07) is 12.4. The maximum Gasteiger partial charge on any atom is 0.459 e. The van der Waals surface area contributed by atoms with E-state index in [4.69, 9.17) is 17.3 Å². The molecule has 37 heavy (non-hydrogen) atoms. The van der Waals surface area contributed by atoms with Crippen LogP contribution < -0.4 is 5.73 Å². The lowest BCUT2D eigenvalue weighted by Crippen LogP contribution is -2.34. The molecule has 1 aliphatic rings. The van der Waals surface area contributed by atoms with E-state index < -0.39 is 23.5 Å². The third-order valence-electron chi connectivity index (χ3n) is 5.91. The van der Waals surface area contributed by atoms with Crippen molar-refractivity contribution in [3.05, 3.63) is 65.6 Å². The number of nitrogen functional groups attached to an aromatic ring is 1. The van der Waals surface area contributed by atoms with Crippen LogP contribution in [0.5, 0.6) is 0 Å². The summed E-state index contributed by atoms with van der Waals surface area (Å²) in [7, 11) is 0. The van der Waals surface area contributed by atoms with Crippen LogP contribution in [0, 0.1) is 11.3 Å². The van der Waals surface area contributed by atoms with Gasteiger partial charge in [-0.2, -0.15) is 27.2 Å². The summed E-state index contributed by atoms with van der Waals surface area (Å²) >= 11 is 7.70. The molecule has 0 amide bonds. The zero-order valence-corrected chi connectivity index (χ0v) is 20.9. The Morgan fingerprint density at radius 2 is 1.78 bits per heavy atom. The van der Waals surface area contributed by atoms with Crippen molar-refractivity contribution in [1.29, 1.82) is 5.26 Å². The van der Waals surface area contributed by atoms with Crippen LogP contribution in [-0.4, -0.2) is 27.1 Å². The smallest absolute Gasteiger partial charge is 0.398 e. The molecule has 1 aromatic carbocycles. The molecule has 0 bridgehead atoms. The van der Waals surface area contributed by atoms with Gasteiger partial charge >= 0.3 is 12.1 Å². The fourth-order valence-electron chi connectivity index (χ4n) is 3.63. The van der Waals surface area contributed by atoms with Crippen molar-refractivity contribution in [3.63, 3.8) is 0 Å². The number of thioether (sulfide) groups is 1. The molecule has 2 aromatic heterocycles. The van der Waals surface area contributed by atoms with Gasteiger partial charge in [0.25, 0.3) is 0 Å². The zero-order chi connectivity index (χ0) is 27.0. The summed E-state index contributed by atoms with van der Waals surface area (Å²) in [5.74, 6) is -4.26. The lowest BCUT2D eigenvalue weighted by molar-refractivity contribution is -0.290. The monoisotopic (exact) mass is 551 g/mol. The fraction of sp³-hybridized carbons (Fsp3) is 0.280. The van der Waals surface area contributed by atoms with Gasteiger partial charge in [-0.05, 0) is 41.9 Å². The molecular weight excluding hydrogens is 533 g/mol. The highest BCUT2D eigenvalue weighted by Gasteiger charge is 2.60. The van der Waals surface area contributed by atoms with Gasteiger partial charge in [0, 0.05) is 23.6 Å². The van der Waals surface area contributed by atoms with E-state index in [1.165, 1.54) is 11.8 Å². The molecule has 0 saturated heterocycles. The lowest BCUT2D eigenvalue weighted by atomic mass is 9.95. The molecular formula is C25H19ClF5N5S. The quantitative estimate of drug-likeness (QED) is 0.188. The van der Waals surface area contributed by atoms with E-state index in [-0.39, 0.29) is 22.0 Å². The van der Waals surface area contributed by atoms with Crippen molar-refractivity contribution in [3.8, 4) is 17.2 Å². The molecule has 3 aromatic rings. The van der Waals surface area contributed by atoms with E-state index in [9.17, 15) is 27.2 Å². The molecule has 2 heterocycles. The van der Waals surface area contributed by atoms with E-state index in [0.29, 0.717) is 16.7 Å². The molecule has 192 valence electrons. The third kappa shape index (κ3) is 5.26. The minimum atomic E-state index is -5.82. The predicted octanol–water partition coefficient (Wildman–Crippen LogP) is 7.36. The second-order valence-corrected chi connectivity index (χ2v) is 10.0. The average Bonchev–Trinajstić information content (AvgIpc) is 3.66. The first kappa shape index (κ1) is 26.8. The molecule has 4 rings (SSSR count). The highest BCUT2D eigenvalue weighted by atomic mass is 35.5. The molecule has 12 heteroatoms. The first-order chi connectivity index (χ1) is 17.4. The molecule has 0 atom stereocenters. The van der Waals surface area contributed by atoms with Crippen LogP contribution in [0.15, 0.2) is 58.7 Å². The Hall–Kier alpha value is -3.23. The van der Waals surface area contributed by atoms with E-state index >= 15 is 0 Å². The number of alkyl halides is 5. The van der Waals surface area contributed by atoms with Gasteiger partial charge < -0.3 is 5.73 Å². The second kappa shape index (κ2) is 9.91. The SMILES string of the molecule is CCSc1cc(-c2ccc(C3(C#N)CC3)cc2)cnc1/N=C(\Cl)c1cnc(C(F)(F)C(F)(F)F)cc1N. The molecule has 1 fully saturated rings. The summed E-state index contributed by atoms with van der Waals surface area (Å²) in [4.78, 5) is 12.5. The van der Waals surface area contributed by atoms with Crippen molar-refractivity contribution in [2.75, 3.05) is 11.5 Å². The molecule has 1 saturated carbocycles. The second-order valence-electron chi connectivity index (χ2n) is 8.38. The molecule has 0 unspecified atom stereocenters. The van der Waals surface area contributed by atoms with Gasteiger partial charge in [-0.15, -0.1) is 11.8 Å². The number of aliphatic imine (C=N–C) groups is 1. The van der Waals surface area contributed by atoms with Crippen LogP contribution in [0.3, 0.4) is 0 Å². The number of hydrogen-bond donors (Lipinski definition) is 1. The molecule has 0 radical (unpaired) electrons. The van der Waals surface area contributed by atoms with Crippen LogP contribution in [0.4, 0.5) is 33.5 Å². The summed E-state index contributed by atoms with van der Waals surface area (Å²) in [5, 5.41) is 9.14.